The molecule has 0 unspecified atom stereocenters. The maximum absolute atomic E-state index is 12.5. The maximum Gasteiger partial charge on any atom is 0.251 e. The number of rotatable bonds is 6. The minimum absolute atomic E-state index is 0.120. The van der Waals surface area contributed by atoms with Crippen molar-refractivity contribution in [1.29, 1.82) is 0 Å². The van der Waals surface area contributed by atoms with Crippen molar-refractivity contribution in [3.63, 3.8) is 0 Å². The van der Waals surface area contributed by atoms with E-state index in [0.29, 0.717) is 17.8 Å². The van der Waals surface area contributed by atoms with E-state index in [2.05, 4.69) is 11.4 Å². The fourth-order valence-electron chi connectivity index (χ4n) is 2.97. The van der Waals surface area contributed by atoms with Gasteiger partial charge in [0, 0.05) is 12.1 Å². The predicted octanol–water partition coefficient (Wildman–Crippen LogP) is 3.58. The summed E-state index contributed by atoms with van der Waals surface area (Å²) in [6, 6.07) is 12.7. The summed E-state index contributed by atoms with van der Waals surface area (Å²) < 4.78 is 24.9. The largest absolute Gasteiger partial charge is 0.346 e. The van der Waals surface area contributed by atoms with Crippen molar-refractivity contribution in [2.45, 2.75) is 33.7 Å². The Hall–Kier alpha value is -2.34. The van der Waals surface area contributed by atoms with E-state index in [1.807, 2.05) is 32.9 Å². The van der Waals surface area contributed by atoms with Crippen LogP contribution in [0.2, 0.25) is 0 Å². The molecule has 0 aliphatic rings. The van der Waals surface area contributed by atoms with Gasteiger partial charge < -0.3 is 5.32 Å². The van der Waals surface area contributed by atoms with E-state index in [9.17, 15) is 13.2 Å². The highest BCUT2D eigenvalue weighted by Crippen LogP contribution is 2.21. The fraction of sp³-hybridized carbons (Fsp3) is 0.350. The molecular weight excluding hydrogens is 348 g/mol. The fourth-order valence-corrected chi connectivity index (χ4v) is 3.95. The van der Waals surface area contributed by atoms with Gasteiger partial charge in [-0.25, -0.2) is 8.42 Å². The maximum atomic E-state index is 12.5. The van der Waals surface area contributed by atoms with Crippen LogP contribution >= 0.6 is 0 Å². The SMILES string of the molecule is CCN(c1ccc(C(=O)N[C@@H](C)c2cc(C)ccc2C)cc1)S(C)(=O)=O. The summed E-state index contributed by atoms with van der Waals surface area (Å²) >= 11 is 0. The summed E-state index contributed by atoms with van der Waals surface area (Å²) in [6.45, 7) is 8.12. The monoisotopic (exact) mass is 374 g/mol. The Bertz CT molecular complexity index is 890. The van der Waals surface area contributed by atoms with E-state index >= 15 is 0 Å². The molecule has 6 heteroatoms. The van der Waals surface area contributed by atoms with Gasteiger partial charge in [-0.05, 0) is 63.1 Å². The summed E-state index contributed by atoms with van der Waals surface area (Å²) in [6.07, 6.45) is 1.17. The molecule has 0 fully saturated rings. The van der Waals surface area contributed by atoms with E-state index in [1.165, 1.54) is 10.6 Å². The normalized spacial score (nSPS) is 12.5. The quantitative estimate of drug-likeness (QED) is 0.840. The van der Waals surface area contributed by atoms with Gasteiger partial charge in [0.1, 0.15) is 0 Å². The number of hydrogen-bond acceptors (Lipinski definition) is 3. The molecule has 26 heavy (non-hydrogen) atoms. The van der Waals surface area contributed by atoms with Crippen LogP contribution in [-0.2, 0) is 10.0 Å². The molecule has 2 aromatic carbocycles. The predicted molar refractivity (Wildman–Crippen MR) is 106 cm³/mol. The average Bonchev–Trinajstić information content (AvgIpc) is 2.57. The first kappa shape index (κ1) is 20.0. The van der Waals surface area contributed by atoms with E-state index in [1.54, 1.807) is 31.2 Å². The number of benzene rings is 2. The lowest BCUT2D eigenvalue weighted by atomic mass is 9.99. The number of carbonyl (C=O) groups is 1. The molecule has 140 valence electrons. The van der Waals surface area contributed by atoms with Gasteiger partial charge in [-0.3, -0.25) is 9.10 Å². The summed E-state index contributed by atoms with van der Waals surface area (Å²) in [5.74, 6) is -0.188. The number of carbonyl (C=O) groups excluding carboxylic acids is 1. The third kappa shape index (κ3) is 4.64. The first-order valence-electron chi connectivity index (χ1n) is 8.59. The number of aryl methyl sites for hydroxylation is 2. The van der Waals surface area contributed by atoms with Crippen molar-refractivity contribution in [1.82, 2.24) is 5.32 Å². The molecule has 0 bridgehead atoms. The number of nitrogens with one attached hydrogen (secondary N) is 1. The van der Waals surface area contributed by atoms with Crippen LogP contribution in [-0.4, -0.2) is 27.1 Å². The standard InChI is InChI=1S/C20H26N2O3S/c1-6-22(26(5,24)25)18-11-9-17(10-12-18)20(23)21-16(4)19-13-14(2)7-8-15(19)3/h7-13,16H,6H2,1-5H3,(H,21,23)/t16-/m0/s1. The molecule has 0 heterocycles. The third-order valence-electron chi connectivity index (χ3n) is 4.35. The molecule has 0 aliphatic heterocycles. The second kappa shape index (κ2) is 7.91. The number of amides is 1. The van der Waals surface area contributed by atoms with Gasteiger partial charge in [-0.1, -0.05) is 23.8 Å². The first-order valence-corrected chi connectivity index (χ1v) is 10.4. The summed E-state index contributed by atoms with van der Waals surface area (Å²) in [5.41, 5.74) is 4.41. The lowest BCUT2D eigenvalue weighted by molar-refractivity contribution is 0.0940. The molecule has 2 rings (SSSR count). The van der Waals surface area contributed by atoms with Gasteiger partial charge in [0.25, 0.3) is 5.91 Å². The molecule has 0 spiro atoms. The summed E-state index contributed by atoms with van der Waals surface area (Å²) in [7, 11) is -3.33. The van der Waals surface area contributed by atoms with Crippen molar-refractivity contribution in [2.75, 3.05) is 17.1 Å². The van der Waals surface area contributed by atoms with Gasteiger partial charge in [0.2, 0.25) is 10.0 Å². The van der Waals surface area contributed by atoms with Crippen LogP contribution in [0.1, 0.15) is 46.9 Å². The van der Waals surface area contributed by atoms with Gasteiger partial charge in [-0.2, -0.15) is 0 Å². The van der Waals surface area contributed by atoms with E-state index in [-0.39, 0.29) is 11.9 Å². The molecule has 0 aliphatic carbocycles. The Morgan fingerprint density at radius 3 is 2.27 bits per heavy atom. The Balaban J connectivity index is 2.16. The van der Waals surface area contributed by atoms with Gasteiger partial charge >= 0.3 is 0 Å². The highest BCUT2D eigenvalue weighted by atomic mass is 32.2. The van der Waals surface area contributed by atoms with Crippen molar-refractivity contribution in [3.8, 4) is 0 Å². The Kier molecular flexibility index (Phi) is 6.08. The number of hydrogen-bond donors (Lipinski definition) is 1. The van der Waals surface area contributed by atoms with Gasteiger partial charge in [0.15, 0.2) is 0 Å². The number of anilines is 1. The molecule has 2 aromatic rings. The van der Waals surface area contributed by atoms with Crippen LogP contribution in [0.4, 0.5) is 5.69 Å². The Morgan fingerprint density at radius 2 is 1.73 bits per heavy atom. The van der Waals surface area contributed by atoms with E-state index in [0.717, 1.165) is 16.7 Å². The van der Waals surface area contributed by atoms with E-state index in [4.69, 9.17) is 0 Å². The van der Waals surface area contributed by atoms with Gasteiger partial charge in [0.05, 0.1) is 18.0 Å². The Labute approximate surface area is 156 Å². The van der Waals surface area contributed by atoms with Gasteiger partial charge in [-0.15, -0.1) is 0 Å². The highest BCUT2D eigenvalue weighted by molar-refractivity contribution is 7.92. The van der Waals surface area contributed by atoms with Crippen molar-refractivity contribution < 1.29 is 13.2 Å². The zero-order valence-electron chi connectivity index (χ0n) is 15.9. The van der Waals surface area contributed by atoms with Crippen LogP contribution in [0.3, 0.4) is 0 Å². The van der Waals surface area contributed by atoms with Crippen LogP contribution < -0.4 is 9.62 Å². The van der Waals surface area contributed by atoms with Crippen LogP contribution in [0, 0.1) is 13.8 Å². The minimum Gasteiger partial charge on any atom is -0.346 e. The van der Waals surface area contributed by atoms with E-state index < -0.39 is 10.0 Å². The second-order valence-corrected chi connectivity index (χ2v) is 8.44. The number of sulfonamides is 1. The Morgan fingerprint density at radius 1 is 1.12 bits per heavy atom. The topological polar surface area (TPSA) is 66.5 Å². The van der Waals surface area contributed by atoms with Crippen molar-refractivity contribution in [2.24, 2.45) is 0 Å². The summed E-state index contributed by atoms with van der Waals surface area (Å²) in [4.78, 5) is 12.5. The molecule has 5 nitrogen and oxygen atoms in total. The number of nitrogens with zero attached hydrogens (tertiary/aromatic N) is 1. The molecular formula is C20H26N2O3S. The van der Waals surface area contributed by atoms with Crippen molar-refractivity contribution in [3.05, 3.63) is 64.7 Å². The minimum atomic E-state index is -3.33. The summed E-state index contributed by atoms with van der Waals surface area (Å²) in [5, 5.41) is 3.00. The van der Waals surface area contributed by atoms with Crippen LogP contribution in [0.25, 0.3) is 0 Å². The highest BCUT2D eigenvalue weighted by Gasteiger charge is 2.17. The molecule has 1 amide bonds. The molecule has 0 saturated heterocycles. The molecule has 1 N–H and O–H groups in total. The first-order chi connectivity index (χ1) is 12.1. The van der Waals surface area contributed by atoms with Crippen LogP contribution in [0.15, 0.2) is 42.5 Å². The molecule has 0 saturated carbocycles. The lowest BCUT2D eigenvalue weighted by Crippen LogP contribution is -2.30. The molecule has 1 atom stereocenters. The average molecular weight is 375 g/mol. The second-order valence-electron chi connectivity index (χ2n) is 6.53. The lowest BCUT2D eigenvalue weighted by Gasteiger charge is -2.21. The molecule has 0 radical (unpaired) electrons. The zero-order chi connectivity index (χ0) is 19.5. The smallest absolute Gasteiger partial charge is 0.251 e. The molecule has 0 aromatic heterocycles. The zero-order valence-corrected chi connectivity index (χ0v) is 16.7. The van der Waals surface area contributed by atoms with Crippen molar-refractivity contribution >= 4 is 21.6 Å². The van der Waals surface area contributed by atoms with Crippen LogP contribution in [0.5, 0.6) is 0 Å². The third-order valence-corrected chi connectivity index (χ3v) is 5.62.